The summed E-state index contributed by atoms with van der Waals surface area (Å²) in [5.41, 5.74) is 0. The minimum Gasteiger partial charge on any atom is -0.248 e. The van der Waals surface area contributed by atoms with E-state index >= 15 is 0 Å². The van der Waals surface area contributed by atoms with Crippen molar-refractivity contribution in [1.82, 2.24) is 0 Å². The van der Waals surface area contributed by atoms with E-state index in [1.807, 2.05) is 0 Å². The first-order chi connectivity index (χ1) is 1.41. The van der Waals surface area contributed by atoms with E-state index in [1.54, 1.807) is 5.16 Å². The Morgan fingerprint density at radius 3 is 1.75 bits per heavy atom. The van der Waals surface area contributed by atoms with Crippen molar-refractivity contribution in [2.24, 2.45) is 0 Å². The van der Waals surface area contributed by atoms with Crippen molar-refractivity contribution in [2.45, 2.75) is 0 Å². The summed E-state index contributed by atoms with van der Waals surface area (Å²) in [6.07, 6.45) is 0. The molecule has 0 aliphatic rings. The quantitative estimate of drug-likeness (QED) is 0.462. The Labute approximate surface area is 70.8 Å². The van der Waals surface area contributed by atoms with Gasteiger partial charge < -0.3 is 0 Å². The molecule has 0 spiro atoms. The Kier molecular flexibility index (Phi) is 20.0. The molecule has 0 saturated heterocycles. The number of hydrogen-bond donors (Lipinski definition) is 1. The van der Waals surface area contributed by atoms with Crippen molar-refractivity contribution in [1.29, 1.82) is 5.41 Å². The van der Waals surface area contributed by atoms with E-state index in [2.05, 4.69) is 12.2 Å². The summed E-state index contributed by atoms with van der Waals surface area (Å²) in [5.74, 6) is 0. The largest absolute Gasteiger partial charge is 0.248 e. The number of thiocarbonyl (C=S) groups is 1. The summed E-state index contributed by atoms with van der Waals surface area (Å²) < 4.78 is 0. The molecule has 0 fully saturated rings. The van der Waals surface area contributed by atoms with Crippen molar-refractivity contribution in [2.75, 3.05) is 0 Å². The zero-order valence-electron chi connectivity index (χ0n) is 1.79. The average molecular weight is 211 g/mol. The SMILES string of the molecule is N=C=S.[Eu]. The van der Waals surface area contributed by atoms with Gasteiger partial charge in [-0.1, -0.05) is 0 Å². The number of rotatable bonds is 0. The molecule has 1 radical (unpaired) electrons. The van der Waals surface area contributed by atoms with Crippen molar-refractivity contribution < 1.29 is 49.4 Å². The number of nitrogens with one attached hydrogen (secondary N) is 1. The van der Waals surface area contributed by atoms with Crippen LogP contribution in [-0.4, -0.2) is 5.16 Å². The summed E-state index contributed by atoms with van der Waals surface area (Å²) in [6, 6.07) is 0. The van der Waals surface area contributed by atoms with Gasteiger partial charge in [-0.25, -0.2) is 5.41 Å². The minimum absolute atomic E-state index is 0. The molecule has 0 aromatic carbocycles. The molecule has 0 saturated carbocycles. The molecule has 0 atom stereocenters. The van der Waals surface area contributed by atoms with Crippen LogP contribution in [0.2, 0.25) is 0 Å². The van der Waals surface area contributed by atoms with Gasteiger partial charge in [-0.2, -0.15) is 0 Å². The van der Waals surface area contributed by atoms with Gasteiger partial charge in [-0.3, -0.25) is 0 Å². The molecule has 3 heteroatoms. The maximum atomic E-state index is 5.77. The van der Waals surface area contributed by atoms with E-state index in [1.165, 1.54) is 0 Å². The predicted octanol–water partition coefficient (Wildman–Crippen LogP) is 0.668. The third kappa shape index (κ3) is 10.0. The molecule has 0 aromatic rings. The molecule has 0 bridgehead atoms. The van der Waals surface area contributed by atoms with Crippen molar-refractivity contribution in [3.05, 3.63) is 0 Å². The van der Waals surface area contributed by atoms with Gasteiger partial charge in [0.1, 0.15) is 0 Å². The molecule has 0 heterocycles. The second-order valence-electron chi connectivity index (χ2n) is 0.102. The van der Waals surface area contributed by atoms with E-state index in [9.17, 15) is 0 Å². The Morgan fingerprint density at radius 1 is 1.75 bits per heavy atom. The second-order valence-corrected chi connectivity index (χ2v) is 0.306. The van der Waals surface area contributed by atoms with E-state index in [0.29, 0.717) is 0 Å². The first-order valence-electron chi connectivity index (χ1n) is 0.454. The fraction of sp³-hybridized carbons (Fsp3) is 0. The van der Waals surface area contributed by atoms with Crippen LogP contribution in [0.4, 0.5) is 0 Å². The van der Waals surface area contributed by atoms with Gasteiger partial charge in [0.15, 0.2) is 0 Å². The Hall–Kier alpha value is 1.38. The maximum absolute atomic E-state index is 5.77. The molecule has 4 heavy (non-hydrogen) atoms. The molecule has 1 nitrogen and oxygen atoms in total. The van der Waals surface area contributed by atoms with Crippen LogP contribution in [0, 0.1) is 54.8 Å². The minimum atomic E-state index is 0. The third-order valence-corrected chi connectivity index (χ3v) is 0. The molecule has 1 N–H and O–H groups in total. The van der Waals surface area contributed by atoms with Gasteiger partial charge >= 0.3 is 0 Å². The molecule has 0 aliphatic carbocycles. The van der Waals surface area contributed by atoms with Crippen LogP contribution in [0.5, 0.6) is 0 Å². The van der Waals surface area contributed by atoms with Gasteiger partial charge in [0, 0.05) is 49.4 Å². The van der Waals surface area contributed by atoms with Crippen molar-refractivity contribution in [3.63, 3.8) is 0 Å². The first-order valence-corrected chi connectivity index (χ1v) is 0.862. The second kappa shape index (κ2) is 8.83. The summed E-state index contributed by atoms with van der Waals surface area (Å²) in [6.45, 7) is 0. The Morgan fingerprint density at radius 2 is 1.75 bits per heavy atom. The zero-order valence-corrected chi connectivity index (χ0v) is 5.03. The van der Waals surface area contributed by atoms with Crippen LogP contribution >= 0.6 is 12.2 Å². The van der Waals surface area contributed by atoms with Gasteiger partial charge in [0.2, 0.25) is 0 Å². The smallest absolute Gasteiger partial charge is 0.0554 e. The molecule has 0 amide bonds. The maximum Gasteiger partial charge on any atom is 0.0554 e. The van der Waals surface area contributed by atoms with Crippen LogP contribution in [0.25, 0.3) is 0 Å². The Bertz CT molecular complexity index is 29.0. The molecular weight excluding hydrogens is 210 g/mol. The molecule has 23 valence electrons. The monoisotopic (exact) mass is 212 g/mol. The van der Waals surface area contributed by atoms with Crippen LogP contribution in [0.3, 0.4) is 0 Å². The number of isothiocyanates is 1. The summed E-state index contributed by atoms with van der Waals surface area (Å²) in [7, 11) is 0. The van der Waals surface area contributed by atoms with Crippen LogP contribution < -0.4 is 0 Å². The van der Waals surface area contributed by atoms with Crippen LogP contribution in [0.15, 0.2) is 0 Å². The average Bonchev–Trinajstić information content (AvgIpc) is 0.918. The van der Waals surface area contributed by atoms with Gasteiger partial charge in [0.25, 0.3) is 0 Å². The molecule has 0 unspecified atom stereocenters. The molecule has 0 aliphatic heterocycles. The zero-order chi connectivity index (χ0) is 2.71. The van der Waals surface area contributed by atoms with Crippen molar-refractivity contribution >= 4 is 17.4 Å². The van der Waals surface area contributed by atoms with Crippen molar-refractivity contribution in [3.8, 4) is 0 Å². The van der Waals surface area contributed by atoms with Gasteiger partial charge in [-0.05, 0) is 12.2 Å². The first kappa shape index (κ1) is 9.04. The predicted molar refractivity (Wildman–Crippen MR) is 15.3 cm³/mol. The summed E-state index contributed by atoms with van der Waals surface area (Å²) in [5, 5.41) is 7.36. The molecule has 0 rings (SSSR count). The van der Waals surface area contributed by atoms with Crippen LogP contribution in [0.1, 0.15) is 0 Å². The van der Waals surface area contributed by atoms with E-state index in [-0.39, 0.29) is 49.4 Å². The molecular formula is CHEuNS. The normalized spacial score (nSPS) is 2.00. The fourth-order valence-electron chi connectivity index (χ4n) is 0. The summed E-state index contributed by atoms with van der Waals surface area (Å²) >= 11 is 3.81. The van der Waals surface area contributed by atoms with Gasteiger partial charge in [-0.15, -0.1) is 0 Å². The topological polar surface area (TPSA) is 23.9 Å². The summed E-state index contributed by atoms with van der Waals surface area (Å²) in [4.78, 5) is 0. The Balaban J connectivity index is 0. The van der Waals surface area contributed by atoms with Crippen LogP contribution in [-0.2, 0) is 0 Å². The standard InChI is InChI=1S/CHNS.Eu/c2-1-3;/h2H;. The fourth-order valence-corrected chi connectivity index (χ4v) is 0. The van der Waals surface area contributed by atoms with Gasteiger partial charge in [0.05, 0.1) is 5.16 Å². The third-order valence-electron chi connectivity index (χ3n) is 0. The van der Waals surface area contributed by atoms with E-state index in [0.717, 1.165) is 0 Å². The number of hydrogen-bond acceptors (Lipinski definition) is 2. The van der Waals surface area contributed by atoms with E-state index < -0.39 is 0 Å². The van der Waals surface area contributed by atoms with E-state index in [4.69, 9.17) is 5.41 Å². The molecule has 0 aromatic heterocycles.